The summed E-state index contributed by atoms with van der Waals surface area (Å²) >= 11 is 12.0. The van der Waals surface area contributed by atoms with Crippen LogP contribution in [0.5, 0.6) is 0 Å². The summed E-state index contributed by atoms with van der Waals surface area (Å²) in [7, 11) is 0. The molecule has 2 amide bonds. The van der Waals surface area contributed by atoms with E-state index < -0.39 is 11.1 Å². The van der Waals surface area contributed by atoms with Crippen molar-refractivity contribution in [1.29, 1.82) is 0 Å². The van der Waals surface area contributed by atoms with Gasteiger partial charge in [0.1, 0.15) is 11.1 Å². The van der Waals surface area contributed by atoms with Crippen molar-refractivity contribution >= 4 is 35.0 Å². The van der Waals surface area contributed by atoms with E-state index in [1.807, 2.05) is 61.2 Å². The molecule has 2 aliphatic carbocycles. The Labute approximate surface area is 489 Å². The number of hydrogen-bond donors (Lipinski definition) is 2. The fraction of sp³-hybridized carbons (Fsp3) is 0.211. The predicted octanol–water partition coefficient (Wildman–Crippen LogP) is 14.8. The number of nitrogens with one attached hydrogen (secondary N) is 2. The molecule has 8 nitrogen and oxygen atoms in total. The standard InChI is InChI=1S/2C35H32ClN3O.CH4.2H2/c36-31-19-16-26(17-20-31)23-34(40)37-24-27-18-21-33-32(22-27)38-25-39(33)35(28-10-4-1-5-11-28,29-12-6-2-7-13-29)30-14-8-3-9-15-30;36-31-19-16-26(17-20-31)23-34(40)37-24-27-18-21-32-33(22-27)39(25-38-32)35(28-10-4-1-5-11-28,29-12-6-2-7-13-29)30-14-8-3-9-15-30;;;/h2*1-17,19-20,25,27H,18,21-24H2,(H,37,40);1H4;2*1H. The number of carbonyl (C=O) groups excluding carboxylic acids is 2. The van der Waals surface area contributed by atoms with Crippen LogP contribution in [0.1, 0.15) is 90.4 Å². The number of aryl methyl sites for hydroxylation is 1. The Morgan fingerprint density at radius 2 is 0.753 bits per heavy atom. The summed E-state index contributed by atoms with van der Waals surface area (Å²) in [6.45, 7) is 1.30. The number of carbonyl (C=O) groups is 2. The third-order valence-electron chi connectivity index (χ3n) is 16.1. The molecule has 0 bridgehead atoms. The normalized spacial score (nSPS) is 14.7. The smallest absolute Gasteiger partial charge is 0.224 e. The zero-order chi connectivity index (χ0) is 54.7. The molecule has 0 radical (unpaired) electrons. The highest BCUT2D eigenvalue weighted by atomic mass is 35.5. The number of amides is 2. The summed E-state index contributed by atoms with van der Waals surface area (Å²) in [5.74, 6) is 0.755. The van der Waals surface area contributed by atoms with Gasteiger partial charge in [-0.2, -0.15) is 0 Å². The summed E-state index contributed by atoms with van der Waals surface area (Å²) in [6, 6.07) is 79.2. The van der Waals surface area contributed by atoms with Crippen LogP contribution in [0.3, 0.4) is 0 Å². The Kier molecular flexibility index (Phi) is 17.9. The summed E-state index contributed by atoms with van der Waals surface area (Å²) < 4.78 is 4.79. The molecular weight excluding hydrogens is 1040 g/mol. The van der Waals surface area contributed by atoms with Crippen LogP contribution in [-0.4, -0.2) is 44.0 Å². The average molecular weight is 1110 g/mol. The van der Waals surface area contributed by atoms with Gasteiger partial charge in [0.2, 0.25) is 11.8 Å². The Morgan fingerprint density at radius 3 is 1.12 bits per heavy atom. The lowest BCUT2D eigenvalue weighted by Gasteiger charge is -2.39. The second-order valence-corrected chi connectivity index (χ2v) is 21.9. The second-order valence-electron chi connectivity index (χ2n) is 21.1. The Hall–Kier alpha value is -8.30. The van der Waals surface area contributed by atoms with Crippen molar-refractivity contribution in [3.05, 3.63) is 321 Å². The molecule has 2 unspecified atom stereocenters. The first-order valence-corrected chi connectivity index (χ1v) is 28.5. The Morgan fingerprint density at radius 1 is 0.432 bits per heavy atom. The van der Waals surface area contributed by atoms with Crippen LogP contribution >= 0.6 is 23.2 Å². The maximum atomic E-state index is 12.8. The molecule has 10 aromatic rings. The monoisotopic (exact) mass is 1110 g/mol. The topological polar surface area (TPSA) is 93.8 Å². The summed E-state index contributed by atoms with van der Waals surface area (Å²) in [6.07, 6.45) is 10.3. The highest BCUT2D eigenvalue weighted by Crippen LogP contribution is 2.45. The molecule has 0 aliphatic heterocycles. The molecule has 0 saturated heterocycles. The van der Waals surface area contributed by atoms with Crippen molar-refractivity contribution in [3.63, 3.8) is 0 Å². The van der Waals surface area contributed by atoms with Crippen LogP contribution in [0, 0.1) is 11.8 Å². The number of aromatic nitrogens is 4. The van der Waals surface area contributed by atoms with Gasteiger partial charge >= 0.3 is 0 Å². The molecule has 0 spiro atoms. The molecule has 0 fully saturated rings. The van der Waals surface area contributed by atoms with E-state index in [0.717, 1.165) is 61.0 Å². The number of halogens is 2. The Bertz CT molecular complexity index is 3430. The third kappa shape index (κ3) is 12.1. The summed E-state index contributed by atoms with van der Waals surface area (Å²) in [5, 5.41) is 7.70. The lowest BCUT2D eigenvalue weighted by molar-refractivity contribution is -0.121. The van der Waals surface area contributed by atoms with Crippen LogP contribution in [0.25, 0.3) is 0 Å². The molecule has 412 valence electrons. The van der Waals surface area contributed by atoms with Gasteiger partial charge in [0.25, 0.3) is 0 Å². The van der Waals surface area contributed by atoms with Gasteiger partial charge in [0.05, 0.1) is 36.9 Å². The molecule has 2 N–H and O–H groups in total. The molecular formula is C71H72Cl2N6O2. The molecule has 2 aliphatic rings. The highest BCUT2D eigenvalue weighted by Gasteiger charge is 2.43. The lowest BCUT2D eigenvalue weighted by Crippen LogP contribution is -2.40. The molecule has 8 aromatic carbocycles. The van der Waals surface area contributed by atoms with E-state index in [4.69, 9.17) is 33.2 Å². The Balaban J connectivity index is 0.000000209. The first-order valence-electron chi connectivity index (χ1n) is 27.8. The third-order valence-corrected chi connectivity index (χ3v) is 16.6. The molecule has 2 atom stereocenters. The fourth-order valence-electron chi connectivity index (χ4n) is 12.2. The number of rotatable bonds is 16. The fourth-order valence-corrected chi connectivity index (χ4v) is 12.4. The van der Waals surface area contributed by atoms with Gasteiger partial charge in [-0.1, -0.05) is 237 Å². The van der Waals surface area contributed by atoms with Crippen LogP contribution < -0.4 is 10.6 Å². The second kappa shape index (κ2) is 25.9. The number of imidazole rings is 2. The minimum Gasteiger partial charge on any atom is -0.356 e. The van der Waals surface area contributed by atoms with Crippen molar-refractivity contribution in [1.82, 2.24) is 29.7 Å². The zero-order valence-electron chi connectivity index (χ0n) is 44.7. The van der Waals surface area contributed by atoms with Crippen LogP contribution in [0.4, 0.5) is 0 Å². The molecule has 10 heteroatoms. The first-order chi connectivity index (χ1) is 39.3. The van der Waals surface area contributed by atoms with Gasteiger partial charge in [0.15, 0.2) is 0 Å². The zero-order valence-corrected chi connectivity index (χ0v) is 46.2. The van der Waals surface area contributed by atoms with Gasteiger partial charge in [-0.25, -0.2) is 9.97 Å². The van der Waals surface area contributed by atoms with Crippen molar-refractivity contribution < 1.29 is 12.4 Å². The largest absolute Gasteiger partial charge is 0.356 e. The van der Waals surface area contributed by atoms with Crippen LogP contribution in [0.2, 0.25) is 10.0 Å². The van der Waals surface area contributed by atoms with Crippen LogP contribution in [-0.2, 0) is 59.2 Å². The summed E-state index contributed by atoms with van der Waals surface area (Å²) in [4.78, 5) is 35.3. The van der Waals surface area contributed by atoms with Crippen molar-refractivity contribution in [2.24, 2.45) is 11.8 Å². The van der Waals surface area contributed by atoms with E-state index in [-0.39, 0.29) is 22.1 Å². The first kappa shape index (κ1) is 56.0. The maximum Gasteiger partial charge on any atom is 0.224 e. The SMILES string of the molecule is C.O=C(Cc1ccc(Cl)cc1)NCC1CCc2c(ncn2C(c2ccccc2)(c2ccccc2)c2ccccc2)C1.O=C(Cc1ccc(Cl)cc1)NCC1CCc2ncn(C(c3ccccc3)(c3ccccc3)c3ccccc3)c2C1.[HH].[HH]. The van der Waals surface area contributed by atoms with E-state index >= 15 is 0 Å². The van der Waals surface area contributed by atoms with E-state index in [0.29, 0.717) is 47.8 Å². The highest BCUT2D eigenvalue weighted by molar-refractivity contribution is 6.30. The lowest BCUT2D eigenvalue weighted by atomic mass is 9.76. The van der Waals surface area contributed by atoms with Crippen molar-refractivity contribution in [2.75, 3.05) is 13.1 Å². The molecule has 81 heavy (non-hydrogen) atoms. The van der Waals surface area contributed by atoms with Gasteiger partial charge in [-0.15, -0.1) is 0 Å². The van der Waals surface area contributed by atoms with E-state index in [1.54, 1.807) is 0 Å². The molecule has 12 rings (SSSR count). The number of benzene rings is 8. The number of nitrogens with zero attached hydrogens (tertiary/aromatic N) is 4. The van der Waals surface area contributed by atoms with Gasteiger partial charge in [-0.05, 0) is 119 Å². The van der Waals surface area contributed by atoms with Crippen molar-refractivity contribution in [3.8, 4) is 0 Å². The molecule has 0 saturated carbocycles. The van der Waals surface area contributed by atoms with Gasteiger partial charge < -0.3 is 19.8 Å². The molecule has 2 aromatic heterocycles. The quantitative estimate of drug-likeness (QED) is 0.0943. The van der Waals surface area contributed by atoms with E-state index in [1.165, 1.54) is 44.8 Å². The molecule has 2 heterocycles. The van der Waals surface area contributed by atoms with E-state index in [9.17, 15) is 9.59 Å². The minimum absolute atomic E-state index is 0. The van der Waals surface area contributed by atoms with Gasteiger partial charge in [0, 0.05) is 37.4 Å². The van der Waals surface area contributed by atoms with Crippen LogP contribution in [0.15, 0.2) is 243 Å². The van der Waals surface area contributed by atoms with Crippen molar-refractivity contribution in [2.45, 2.75) is 69.9 Å². The predicted molar refractivity (Wildman–Crippen MR) is 332 cm³/mol. The number of hydrogen-bond acceptors (Lipinski definition) is 4. The summed E-state index contributed by atoms with van der Waals surface area (Å²) in [5.41, 5.74) is 12.7. The van der Waals surface area contributed by atoms with Gasteiger partial charge in [-0.3, -0.25) is 9.59 Å². The maximum absolute atomic E-state index is 12.8. The minimum atomic E-state index is -0.579. The number of fused-ring (bicyclic) bond motifs is 2. The average Bonchev–Trinajstić information content (AvgIpc) is 2.38. The van der Waals surface area contributed by atoms with E-state index in [2.05, 4.69) is 202 Å².